The predicted molar refractivity (Wildman–Crippen MR) is 89.8 cm³/mol. The van der Waals surface area contributed by atoms with Gasteiger partial charge in [-0.2, -0.15) is 5.10 Å². The maximum atomic E-state index is 12.7. The molecule has 0 aliphatic heterocycles. The molecule has 2 heterocycles. The number of nitrogens with zero attached hydrogens (tertiary/aromatic N) is 3. The van der Waals surface area contributed by atoms with E-state index in [1.807, 2.05) is 37.3 Å². The first kappa shape index (κ1) is 16.3. The van der Waals surface area contributed by atoms with Crippen molar-refractivity contribution >= 4 is 15.7 Å². The second-order valence-electron chi connectivity index (χ2n) is 5.55. The maximum absolute atomic E-state index is 12.7. The fraction of sp³-hybridized carbons (Fsp3) is 0.250. The fourth-order valence-corrected chi connectivity index (χ4v) is 4.16. The molecule has 0 saturated heterocycles. The quantitative estimate of drug-likeness (QED) is 0.784. The Morgan fingerprint density at radius 2 is 1.71 bits per heavy atom. The lowest BCUT2D eigenvalue weighted by Gasteiger charge is -2.08. The lowest BCUT2D eigenvalue weighted by molar-refractivity contribution is 0.390. The largest absolute Gasteiger partial charge is 0.360 e. The number of aromatic nitrogens is 3. The normalized spacial score (nSPS) is 11.7. The van der Waals surface area contributed by atoms with E-state index >= 15 is 0 Å². The third-order valence-electron chi connectivity index (χ3n) is 3.77. The Balaban J connectivity index is 2.04. The number of para-hydroxylation sites is 1. The van der Waals surface area contributed by atoms with Crippen molar-refractivity contribution in [2.45, 2.75) is 32.6 Å². The van der Waals surface area contributed by atoms with Gasteiger partial charge < -0.3 is 4.52 Å². The summed E-state index contributed by atoms with van der Waals surface area (Å²) in [6.45, 7) is 6.75. The molecule has 0 bridgehead atoms. The van der Waals surface area contributed by atoms with Gasteiger partial charge in [0.05, 0.1) is 22.8 Å². The van der Waals surface area contributed by atoms with Gasteiger partial charge in [0.15, 0.2) is 10.7 Å². The van der Waals surface area contributed by atoms with Crippen molar-refractivity contribution in [2.24, 2.45) is 0 Å². The van der Waals surface area contributed by atoms with Crippen molar-refractivity contribution < 1.29 is 12.9 Å². The van der Waals surface area contributed by atoms with E-state index in [-0.39, 0.29) is 10.7 Å². The van der Waals surface area contributed by atoms with Crippen molar-refractivity contribution in [3.05, 3.63) is 53.2 Å². The van der Waals surface area contributed by atoms with Gasteiger partial charge in [0.1, 0.15) is 5.69 Å². The molecule has 0 atom stereocenters. The topological polar surface area (TPSA) is 90.0 Å². The smallest absolute Gasteiger partial charge is 0.267 e. The van der Waals surface area contributed by atoms with Crippen molar-refractivity contribution in [3.63, 3.8) is 0 Å². The maximum Gasteiger partial charge on any atom is 0.267 e. The molecule has 0 aliphatic rings. The van der Waals surface area contributed by atoms with Gasteiger partial charge in [-0.1, -0.05) is 23.4 Å². The van der Waals surface area contributed by atoms with E-state index in [0.717, 1.165) is 5.69 Å². The third kappa shape index (κ3) is 2.69. The van der Waals surface area contributed by atoms with Crippen molar-refractivity contribution in [2.75, 3.05) is 4.72 Å². The molecule has 2 aromatic heterocycles. The molecule has 8 heteroatoms. The standard InChI is InChI=1S/C16H18N4O3S/c1-10-15(12(3)20(17-10)14-8-6-5-7-9-14)19-24(21,22)16-11(2)18-23-13(16)4/h5-9,19H,1-4H3. The van der Waals surface area contributed by atoms with Gasteiger partial charge >= 0.3 is 0 Å². The molecule has 24 heavy (non-hydrogen) atoms. The van der Waals surface area contributed by atoms with Gasteiger partial charge in [0.25, 0.3) is 10.0 Å². The number of aryl methyl sites for hydroxylation is 3. The summed E-state index contributed by atoms with van der Waals surface area (Å²) in [7, 11) is -3.80. The number of benzene rings is 1. The molecule has 0 saturated carbocycles. The average Bonchev–Trinajstić information content (AvgIpc) is 3.02. The van der Waals surface area contributed by atoms with Crippen LogP contribution in [0.3, 0.4) is 0 Å². The van der Waals surface area contributed by atoms with Crippen molar-refractivity contribution in [3.8, 4) is 5.69 Å². The molecule has 0 fully saturated rings. The number of rotatable bonds is 4. The number of hydrogen-bond acceptors (Lipinski definition) is 5. The van der Waals surface area contributed by atoms with E-state index in [4.69, 9.17) is 4.52 Å². The van der Waals surface area contributed by atoms with Gasteiger partial charge in [-0.15, -0.1) is 0 Å². The number of hydrogen-bond donors (Lipinski definition) is 1. The summed E-state index contributed by atoms with van der Waals surface area (Å²) in [5, 5.41) is 8.15. The van der Waals surface area contributed by atoms with Gasteiger partial charge in [-0.3, -0.25) is 4.72 Å². The predicted octanol–water partition coefficient (Wildman–Crippen LogP) is 2.89. The fourth-order valence-electron chi connectivity index (χ4n) is 2.65. The minimum atomic E-state index is -3.80. The lowest BCUT2D eigenvalue weighted by Crippen LogP contribution is -2.15. The van der Waals surface area contributed by atoms with Gasteiger partial charge in [0.2, 0.25) is 0 Å². The summed E-state index contributed by atoms with van der Waals surface area (Å²) in [6.07, 6.45) is 0. The zero-order valence-corrected chi connectivity index (χ0v) is 14.7. The van der Waals surface area contributed by atoms with Crippen LogP contribution in [-0.4, -0.2) is 23.4 Å². The Hall–Kier alpha value is -2.61. The summed E-state index contributed by atoms with van der Waals surface area (Å²) in [6, 6.07) is 9.53. The minimum absolute atomic E-state index is 0.0637. The number of sulfonamides is 1. The second kappa shape index (κ2) is 5.79. The SMILES string of the molecule is Cc1nn(-c2ccccc2)c(C)c1NS(=O)(=O)c1c(C)noc1C. The Kier molecular flexibility index (Phi) is 3.92. The summed E-state index contributed by atoms with van der Waals surface area (Å²) in [4.78, 5) is 0.0637. The lowest BCUT2D eigenvalue weighted by atomic mass is 10.3. The molecule has 1 aromatic carbocycles. The average molecular weight is 346 g/mol. The Morgan fingerprint density at radius 1 is 1.04 bits per heavy atom. The molecule has 7 nitrogen and oxygen atoms in total. The van der Waals surface area contributed by atoms with Crippen LogP contribution in [0.2, 0.25) is 0 Å². The highest BCUT2D eigenvalue weighted by Gasteiger charge is 2.26. The van der Waals surface area contributed by atoms with E-state index in [1.165, 1.54) is 0 Å². The first-order valence-corrected chi connectivity index (χ1v) is 8.87. The van der Waals surface area contributed by atoms with Gasteiger partial charge in [0, 0.05) is 0 Å². The Bertz CT molecular complexity index is 969. The molecule has 0 spiro atoms. The molecule has 1 N–H and O–H groups in total. The highest BCUT2D eigenvalue weighted by atomic mass is 32.2. The summed E-state index contributed by atoms with van der Waals surface area (Å²) < 4.78 is 34.7. The number of nitrogens with one attached hydrogen (secondary N) is 1. The molecule has 0 radical (unpaired) electrons. The van der Waals surface area contributed by atoms with E-state index < -0.39 is 10.0 Å². The second-order valence-corrected chi connectivity index (χ2v) is 7.17. The summed E-state index contributed by atoms with van der Waals surface area (Å²) >= 11 is 0. The van der Waals surface area contributed by atoms with Crippen LogP contribution in [-0.2, 0) is 10.0 Å². The van der Waals surface area contributed by atoms with Crippen molar-refractivity contribution in [1.29, 1.82) is 0 Å². The van der Waals surface area contributed by atoms with Crippen LogP contribution in [0.5, 0.6) is 0 Å². The summed E-state index contributed by atoms with van der Waals surface area (Å²) in [5.41, 5.74) is 2.94. The van der Waals surface area contributed by atoms with Crippen LogP contribution in [0.25, 0.3) is 5.69 Å². The minimum Gasteiger partial charge on any atom is -0.360 e. The van der Waals surface area contributed by atoms with Gasteiger partial charge in [-0.25, -0.2) is 13.1 Å². The van der Waals surface area contributed by atoms with Crippen LogP contribution in [0.4, 0.5) is 5.69 Å². The van der Waals surface area contributed by atoms with E-state index in [9.17, 15) is 8.42 Å². The highest BCUT2D eigenvalue weighted by Crippen LogP contribution is 2.27. The number of anilines is 1. The first-order valence-electron chi connectivity index (χ1n) is 7.38. The molecule has 0 unspecified atom stereocenters. The van der Waals surface area contributed by atoms with E-state index in [2.05, 4.69) is 15.0 Å². The van der Waals surface area contributed by atoms with E-state index in [1.54, 1.807) is 25.5 Å². The molecular weight excluding hydrogens is 328 g/mol. The Labute approximate surface area is 140 Å². The highest BCUT2D eigenvalue weighted by molar-refractivity contribution is 7.92. The monoisotopic (exact) mass is 346 g/mol. The van der Waals surface area contributed by atoms with Crippen LogP contribution in [0.1, 0.15) is 22.8 Å². The van der Waals surface area contributed by atoms with Gasteiger partial charge in [-0.05, 0) is 39.8 Å². The van der Waals surface area contributed by atoms with Crippen LogP contribution in [0, 0.1) is 27.7 Å². The molecule has 3 rings (SSSR count). The Morgan fingerprint density at radius 3 is 2.29 bits per heavy atom. The molecule has 3 aromatic rings. The van der Waals surface area contributed by atoms with Crippen LogP contribution in [0.15, 0.2) is 39.8 Å². The third-order valence-corrected chi connectivity index (χ3v) is 5.36. The first-order chi connectivity index (χ1) is 11.3. The van der Waals surface area contributed by atoms with E-state index in [0.29, 0.717) is 22.8 Å². The molecule has 0 amide bonds. The zero-order valence-electron chi connectivity index (χ0n) is 13.9. The molecule has 0 aliphatic carbocycles. The summed E-state index contributed by atoms with van der Waals surface area (Å²) in [5.74, 6) is 0.255. The zero-order chi connectivity index (χ0) is 17.5. The van der Waals surface area contributed by atoms with Crippen LogP contribution >= 0.6 is 0 Å². The molecular formula is C16H18N4O3S. The molecule has 126 valence electrons. The van der Waals surface area contributed by atoms with Crippen molar-refractivity contribution in [1.82, 2.24) is 14.9 Å². The van der Waals surface area contributed by atoms with Crippen LogP contribution < -0.4 is 4.72 Å².